The van der Waals surface area contributed by atoms with Crippen LogP contribution in [0.1, 0.15) is 25.6 Å². The van der Waals surface area contributed by atoms with Gasteiger partial charge in [-0.05, 0) is 35.6 Å². The van der Waals surface area contributed by atoms with Crippen molar-refractivity contribution >= 4 is 39.7 Å². The molecule has 0 atom stereocenters. The maximum absolute atomic E-state index is 13.0. The van der Waals surface area contributed by atoms with E-state index in [4.69, 9.17) is 9.47 Å². The smallest absolute Gasteiger partial charge is 0.265 e. The van der Waals surface area contributed by atoms with Crippen molar-refractivity contribution in [2.45, 2.75) is 6.42 Å². The van der Waals surface area contributed by atoms with Gasteiger partial charge in [0, 0.05) is 29.7 Å². The van der Waals surface area contributed by atoms with E-state index >= 15 is 0 Å². The fourth-order valence-electron chi connectivity index (χ4n) is 3.51. The molecule has 0 unspecified atom stereocenters. The van der Waals surface area contributed by atoms with E-state index in [-0.39, 0.29) is 11.8 Å². The first-order valence-electron chi connectivity index (χ1n) is 10.0. The number of aromatic amines is 1. The van der Waals surface area contributed by atoms with Crippen LogP contribution in [0, 0.1) is 0 Å². The van der Waals surface area contributed by atoms with E-state index in [0.29, 0.717) is 40.6 Å². The van der Waals surface area contributed by atoms with Crippen molar-refractivity contribution in [2.75, 3.05) is 26.1 Å². The fraction of sp³-hybridized carbons (Fsp3) is 0.167. The Morgan fingerprint density at radius 1 is 1.00 bits per heavy atom. The lowest BCUT2D eigenvalue weighted by atomic mass is 10.1. The highest BCUT2D eigenvalue weighted by molar-refractivity contribution is 7.12. The van der Waals surface area contributed by atoms with Crippen LogP contribution in [0.4, 0.5) is 5.69 Å². The summed E-state index contributed by atoms with van der Waals surface area (Å²) in [7, 11) is 3.00. The Balaban J connectivity index is 1.53. The first kappa shape index (κ1) is 21.5. The number of carbonyl (C=O) groups excluding carboxylic acids is 2. The molecular weight excluding hydrogens is 426 g/mol. The summed E-state index contributed by atoms with van der Waals surface area (Å²) in [6, 6.07) is 14.7. The van der Waals surface area contributed by atoms with Crippen molar-refractivity contribution < 1.29 is 19.1 Å². The molecule has 0 radical (unpaired) electrons. The molecular formula is C24H23N3O4S. The number of para-hydroxylation sites is 1. The van der Waals surface area contributed by atoms with Gasteiger partial charge in [0.15, 0.2) is 11.5 Å². The third kappa shape index (κ3) is 4.45. The van der Waals surface area contributed by atoms with E-state index in [0.717, 1.165) is 16.5 Å². The van der Waals surface area contributed by atoms with Crippen molar-refractivity contribution in [2.24, 2.45) is 0 Å². The second-order valence-corrected chi connectivity index (χ2v) is 8.00. The highest BCUT2D eigenvalue weighted by atomic mass is 32.1. The van der Waals surface area contributed by atoms with E-state index in [1.54, 1.807) is 24.3 Å². The number of H-pyrrole nitrogens is 1. The summed E-state index contributed by atoms with van der Waals surface area (Å²) in [4.78, 5) is 29.4. The van der Waals surface area contributed by atoms with Gasteiger partial charge in [0.05, 0.1) is 30.3 Å². The minimum absolute atomic E-state index is 0.292. The number of aromatic nitrogens is 1. The number of hydrogen-bond acceptors (Lipinski definition) is 5. The van der Waals surface area contributed by atoms with Crippen LogP contribution < -0.4 is 20.1 Å². The van der Waals surface area contributed by atoms with E-state index in [2.05, 4.69) is 21.7 Å². The van der Waals surface area contributed by atoms with E-state index in [1.807, 2.05) is 29.8 Å². The minimum Gasteiger partial charge on any atom is -0.493 e. The molecule has 4 rings (SSSR count). The van der Waals surface area contributed by atoms with Gasteiger partial charge < -0.3 is 25.1 Å². The molecule has 0 bridgehead atoms. The topological polar surface area (TPSA) is 92.5 Å². The Bertz CT molecular complexity index is 1250. The van der Waals surface area contributed by atoms with Crippen molar-refractivity contribution in [3.63, 3.8) is 0 Å². The molecule has 7 nitrogen and oxygen atoms in total. The largest absolute Gasteiger partial charge is 0.493 e. The maximum atomic E-state index is 13.0. The quantitative estimate of drug-likeness (QED) is 0.370. The molecule has 2 heterocycles. The molecule has 0 aliphatic rings. The summed E-state index contributed by atoms with van der Waals surface area (Å²) >= 11 is 1.32. The molecule has 0 saturated carbocycles. The van der Waals surface area contributed by atoms with E-state index in [9.17, 15) is 9.59 Å². The second-order valence-electron chi connectivity index (χ2n) is 7.05. The van der Waals surface area contributed by atoms with Gasteiger partial charge in [0.1, 0.15) is 0 Å². The first-order valence-corrected chi connectivity index (χ1v) is 10.9. The third-order valence-electron chi connectivity index (χ3n) is 5.12. The number of hydrogen-bond donors (Lipinski definition) is 3. The number of rotatable bonds is 8. The molecule has 0 aliphatic heterocycles. The lowest BCUT2D eigenvalue weighted by Crippen LogP contribution is -2.27. The van der Waals surface area contributed by atoms with Crippen LogP contribution in [0.2, 0.25) is 0 Å². The number of amides is 2. The van der Waals surface area contributed by atoms with Crippen LogP contribution in [-0.4, -0.2) is 37.6 Å². The van der Waals surface area contributed by atoms with E-state index in [1.165, 1.54) is 25.6 Å². The lowest BCUT2D eigenvalue weighted by Gasteiger charge is -2.15. The maximum Gasteiger partial charge on any atom is 0.265 e. The average Bonchev–Trinajstić information content (AvgIpc) is 3.49. The molecule has 2 aromatic heterocycles. The predicted octanol–water partition coefficient (Wildman–Crippen LogP) is 4.47. The second kappa shape index (κ2) is 9.57. The van der Waals surface area contributed by atoms with Crippen molar-refractivity contribution in [3.8, 4) is 11.5 Å². The third-order valence-corrected chi connectivity index (χ3v) is 5.98. The summed E-state index contributed by atoms with van der Waals surface area (Å²) in [6.07, 6.45) is 2.62. The molecule has 2 aromatic carbocycles. The number of nitrogens with one attached hydrogen (secondary N) is 3. The van der Waals surface area contributed by atoms with Crippen LogP contribution >= 0.6 is 11.3 Å². The first-order chi connectivity index (χ1) is 15.6. The lowest BCUT2D eigenvalue weighted by molar-refractivity contribution is 0.0954. The summed E-state index contributed by atoms with van der Waals surface area (Å²) in [5, 5.41) is 8.72. The Kier molecular flexibility index (Phi) is 6.42. The standard InChI is InChI=1S/C24H23N3O4S/c1-30-20-12-17(19(13-21(20)31-2)27-24(29)22-8-5-11-32-22)23(28)25-10-9-15-14-26-18-7-4-3-6-16(15)18/h3-8,11-14,26H,9-10H2,1-2H3,(H,25,28)(H,27,29). The van der Waals surface area contributed by atoms with Gasteiger partial charge in [-0.1, -0.05) is 24.3 Å². The molecule has 164 valence electrons. The Labute approximate surface area is 189 Å². The number of anilines is 1. The summed E-state index contributed by atoms with van der Waals surface area (Å²) in [6.45, 7) is 0.438. The Morgan fingerprint density at radius 3 is 2.53 bits per heavy atom. The van der Waals surface area contributed by atoms with Crippen molar-refractivity contribution in [1.82, 2.24) is 10.3 Å². The zero-order valence-corrected chi connectivity index (χ0v) is 18.5. The number of methoxy groups -OCH3 is 2. The van der Waals surface area contributed by atoms with Crippen LogP contribution in [0.25, 0.3) is 10.9 Å². The van der Waals surface area contributed by atoms with Crippen molar-refractivity contribution in [1.29, 1.82) is 0 Å². The molecule has 0 aliphatic carbocycles. The number of ether oxygens (including phenoxy) is 2. The van der Waals surface area contributed by atoms with Gasteiger partial charge in [0.25, 0.3) is 11.8 Å². The zero-order chi connectivity index (χ0) is 22.5. The Morgan fingerprint density at radius 2 is 1.78 bits per heavy atom. The van der Waals surface area contributed by atoms with Gasteiger partial charge in [-0.2, -0.15) is 0 Å². The van der Waals surface area contributed by atoms with Crippen molar-refractivity contribution in [3.05, 3.63) is 76.1 Å². The fourth-order valence-corrected chi connectivity index (χ4v) is 4.13. The predicted molar refractivity (Wildman–Crippen MR) is 126 cm³/mol. The van der Waals surface area contributed by atoms with Crippen LogP contribution in [0.5, 0.6) is 11.5 Å². The number of fused-ring (bicyclic) bond motifs is 1. The molecule has 8 heteroatoms. The molecule has 0 spiro atoms. The normalized spacial score (nSPS) is 10.7. The summed E-state index contributed by atoms with van der Waals surface area (Å²) < 4.78 is 10.7. The molecule has 3 N–H and O–H groups in total. The van der Waals surface area contributed by atoms with Gasteiger partial charge in [0.2, 0.25) is 0 Å². The molecule has 2 amide bonds. The number of thiophene rings is 1. The monoisotopic (exact) mass is 449 g/mol. The number of carbonyl (C=O) groups is 2. The van der Waals surface area contributed by atoms with Gasteiger partial charge in [-0.25, -0.2) is 0 Å². The minimum atomic E-state index is -0.313. The van der Waals surface area contributed by atoms with Gasteiger partial charge >= 0.3 is 0 Å². The van der Waals surface area contributed by atoms with Gasteiger partial charge in [-0.15, -0.1) is 11.3 Å². The number of benzene rings is 2. The average molecular weight is 450 g/mol. The van der Waals surface area contributed by atoms with Crippen LogP contribution in [0.3, 0.4) is 0 Å². The Hall–Kier alpha value is -3.78. The summed E-state index contributed by atoms with van der Waals surface area (Å²) in [5.74, 6) is 0.222. The van der Waals surface area contributed by atoms with Crippen LogP contribution in [0.15, 0.2) is 60.1 Å². The zero-order valence-electron chi connectivity index (χ0n) is 17.7. The SMILES string of the molecule is COc1cc(NC(=O)c2cccs2)c(C(=O)NCCc2c[nH]c3ccccc23)cc1OC. The summed E-state index contributed by atoms with van der Waals surface area (Å²) in [5.41, 5.74) is 2.84. The molecule has 0 fully saturated rings. The van der Waals surface area contributed by atoms with Crippen LogP contribution in [-0.2, 0) is 6.42 Å². The highest BCUT2D eigenvalue weighted by Crippen LogP contribution is 2.34. The molecule has 0 saturated heterocycles. The van der Waals surface area contributed by atoms with Gasteiger partial charge in [-0.3, -0.25) is 9.59 Å². The molecule has 4 aromatic rings. The molecule has 32 heavy (non-hydrogen) atoms. The van der Waals surface area contributed by atoms with E-state index < -0.39 is 0 Å². The highest BCUT2D eigenvalue weighted by Gasteiger charge is 2.19.